The summed E-state index contributed by atoms with van der Waals surface area (Å²) in [5.41, 5.74) is 1.76. The molecule has 7 nitrogen and oxygen atoms in total. The molecular formula is C31H34BrCl2N3O4S. The van der Waals surface area contributed by atoms with E-state index in [-0.39, 0.29) is 40.6 Å². The third kappa shape index (κ3) is 8.96. The molecule has 224 valence electrons. The summed E-state index contributed by atoms with van der Waals surface area (Å²) in [6.45, 7) is -0.469. The molecule has 3 aromatic carbocycles. The van der Waals surface area contributed by atoms with Crippen molar-refractivity contribution in [2.45, 2.75) is 57.2 Å². The minimum Gasteiger partial charge on any atom is -0.352 e. The maximum atomic E-state index is 14.2. The SMILES string of the molecule is CS(=O)(=O)N(CC(=O)N(Cc1cccc(Br)c1)C(Cc1ccccc1)C(=O)NC1CCCCC1)c1cc(Cl)ccc1Cl. The van der Waals surface area contributed by atoms with E-state index in [1.807, 2.05) is 54.6 Å². The molecule has 1 fully saturated rings. The Morgan fingerprint density at radius 1 is 0.952 bits per heavy atom. The highest BCUT2D eigenvalue weighted by Gasteiger charge is 2.34. The summed E-state index contributed by atoms with van der Waals surface area (Å²) in [6, 6.07) is 20.5. The Bertz CT molecular complexity index is 1500. The number of hydrogen-bond donors (Lipinski definition) is 1. The molecule has 0 bridgehead atoms. The van der Waals surface area contributed by atoms with E-state index in [2.05, 4.69) is 21.2 Å². The van der Waals surface area contributed by atoms with Gasteiger partial charge in [-0.3, -0.25) is 13.9 Å². The maximum absolute atomic E-state index is 14.2. The van der Waals surface area contributed by atoms with Gasteiger partial charge in [-0.05, 0) is 54.3 Å². The third-order valence-electron chi connectivity index (χ3n) is 7.32. The summed E-state index contributed by atoms with van der Waals surface area (Å²) in [6.07, 6.45) is 6.26. The molecule has 1 N–H and O–H groups in total. The fourth-order valence-corrected chi connectivity index (χ4v) is 6.94. The van der Waals surface area contributed by atoms with Crippen LogP contribution in [-0.2, 0) is 32.6 Å². The molecule has 0 saturated heterocycles. The minimum absolute atomic E-state index is 0.0325. The van der Waals surface area contributed by atoms with Gasteiger partial charge in [0.1, 0.15) is 12.6 Å². The molecule has 1 saturated carbocycles. The first-order valence-electron chi connectivity index (χ1n) is 13.8. The molecule has 1 aliphatic carbocycles. The summed E-state index contributed by atoms with van der Waals surface area (Å²) >= 11 is 16.0. The quantitative estimate of drug-likeness (QED) is 0.245. The molecular weight excluding hydrogens is 661 g/mol. The van der Waals surface area contributed by atoms with Crippen molar-refractivity contribution in [2.24, 2.45) is 0 Å². The second-order valence-electron chi connectivity index (χ2n) is 10.6. The van der Waals surface area contributed by atoms with Crippen LogP contribution in [0, 0.1) is 0 Å². The monoisotopic (exact) mass is 693 g/mol. The molecule has 1 unspecified atom stereocenters. The first-order chi connectivity index (χ1) is 20.0. The number of anilines is 1. The number of sulfonamides is 1. The number of nitrogens with one attached hydrogen (secondary N) is 1. The summed E-state index contributed by atoms with van der Waals surface area (Å²) in [5.74, 6) is -0.808. The van der Waals surface area contributed by atoms with Gasteiger partial charge in [0.05, 0.1) is 17.0 Å². The van der Waals surface area contributed by atoms with Gasteiger partial charge in [0, 0.05) is 28.5 Å². The summed E-state index contributed by atoms with van der Waals surface area (Å²) in [4.78, 5) is 29.7. The van der Waals surface area contributed by atoms with Gasteiger partial charge in [-0.15, -0.1) is 0 Å². The average molecular weight is 696 g/mol. The van der Waals surface area contributed by atoms with Gasteiger partial charge in [-0.1, -0.05) is 101 Å². The van der Waals surface area contributed by atoms with Gasteiger partial charge in [-0.2, -0.15) is 0 Å². The molecule has 3 aromatic rings. The zero-order valence-corrected chi connectivity index (χ0v) is 27.2. The van der Waals surface area contributed by atoms with Crippen LogP contribution in [0.15, 0.2) is 77.3 Å². The predicted molar refractivity (Wildman–Crippen MR) is 172 cm³/mol. The number of halogens is 3. The van der Waals surface area contributed by atoms with Crippen LogP contribution in [0.5, 0.6) is 0 Å². The zero-order chi connectivity index (χ0) is 30.3. The second kappa shape index (κ2) is 14.7. The van der Waals surface area contributed by atoms with Crippen molar-refractivity contribution >= 4 is 66.7 Å². The summed E-state index contributed by atoms with van der Waals surface area (Å²) in [5, 5.41) is 3.60. The Morgan fingerprint density at radius 2 is 1.64 bits per heavy atom. The lowest BCUT2D eigenvalue weighted by Gasteiger charge is -2.35. The Hall–Kier alpha value is -2.59. The molecule has 2 amide bonds. The fourth-order valence-electron chi connectivity index (χ4n) is 5.20. The molecule has 0 aromatic heterocycles. The van der Waals surface area contributed by atoms with Crippen molar-refractivity contribution in [1.29, 1.82) is 0 Å². The molecule has 42 heavy (non-hydrogen) atoms. The van der Waals surface area contributed by atoms with E-state index < -0.39 is 28.5 Å². The molecule has 0 aliphatic heterocycles. The van der Waals surface area contributed by atoms with E-state index in [1.165, 1.54) is 17.0 Å². The normalized spacial score (nSPS) is 14.7. The average Bonchev–Trinajstić information content (AvgIpc) is 2.95. The Kier molecular flexibility index (Phi) is 11.3. The van der Waals surface area contributed by atoms with Crippen molar-refractivity contribution in [3.8, 4) is 0 Å². The first-order valence-corrected chi connectivity index (χ1v) is 17.2. The van der Waals surface area contributed by atoms with Gasteiger partial charge in [0.25, 0.3) is 0 Å². The van der Waals surface area contributed by atoms with Crippen LogP contribution in [0.1, 0.15) is 43.2 Å². The number of nitrogens with zero attached hydrogens (tertiary/aromatic N) is 2. The lowest BCUT2D eigenvalue weighted by atomic mass is 9.94. The van der Waals surface area contributed by atoms with Crippen molar-refractivity contribution < 1.29 is 18.0 Å². The molecule has 1 aliphatic rings. The van der Waals surface area contributed by atoms with Crippen molar-refractivity contribution in [1.82, 2.24) is 10.2 Å². The van der Waals surface area contributed by atoms with Crippen LogP contribution in [0.4, 0.5) is 5.69 Å². The van der Waals surface area contributed by atoms with Crippen LogP contribution in [-0.4, -0.2) is 50.0 Å². The van der Waals surface area contributed by atoms with Gasteiger partial charge in [0.15, 0.2) is 0 Å². The topological polar surface area (TPSA) is 86.8 Å². The van der Waals surface area contributed by atoms with Crippen LogP contribution in [0.25, 0.3) is 0 Å². The zero-order valence-electron chi connectivity index (χ0n) is 23.3. The number of amides is 2. The Morgan fingerprint density at radius 3 is 2.31 bits per heavy atom. The van der Waals surface area contributed by atoms with Crippen LogP contribution >= 0.6 is 39.1 Å². The highest BCUT2D eigenvalue weighted by atomic mass is 79.9. The van der Waals surface area contributed by atoms with Gasteiger partial charge >= 0.3 is 0 Å². The number of carbonyl (C=O) groups is 2. The largest absolute Gasteiger partial charge is 0.352 e. The first kappa shape index (κ1) is 32.3. The summed E-state index contributed by atoms with van der Waals surface area (Å²) < 4.78 is 27.7. The van der Waals surface area contributed by atoms with E-state index >= 15 is 0 Å². The van der Waals surface area contributed by atoms with Gasteiger partial charge in [-0.25, -0.2) is 8.42 Å². The highest BCUT2D eigenvalue weighted by molar-refractivity contribution is 9.10. The standard InChI is InChI=1S/C31H34BrCl2N3O4S/c1-42(40,41)37(28-19-25(33)15-16-27(28)34)21-30(38)36(20-23-11-8-12-24(32)17-23)29(18-22-9-4-2-5-10-22)31(39)35-26-13-6-3-7-14-26/h2,4-5,8-12,15-17,19,26,29H,3,6-7,13-14,18,20-21H2,1H3,(H,35,39). The fraction of sp³-hybridized carbons (Fsp3) is 0.355. The van der Waals surface area contributed by atoms with Crippen molar-refractivity contribution in [3.63, 3.8) is 0 Å². The minimum atomic E-state index is -3.96. The third-order valence-corrected chi connectivity index (χ3v) is 9.50. The number of carbonyl (C=O) groups excluding carboxylic acids is 2. The highest BCUT2D eigenvalue weighted by Crippen LogP contribution is 2.31. The van der Waals surface area contributed by atoms with E-state index in [4.69, 9.17) is 23.2 Å². The second-order valence-corrected chi connectivity index (χ2v) is 14.2. The smallest absolute Gasteiger partial charge is 0.244 e. The van der Waals surface area contributed by atoms with Crippen LogP contribution in [0.3, 0.4) is 0 Å². The summed E-state index contributed by atoms with van der Waals surface area (Å²) in [7, 11) is -3.96. The van der Waals surface area contributed by atoms with E-state index in [9.17, 15) is 18.0 Å². The van der Waals surface area contributed by atoms with E-state index in [0.717, 1.165) is 58.3 Å². The van der Waals surface area contributed by atoms with Crippen molar-refractivity contribution in [3.05, 3.63) is 98.4 Å². The molecule has 1 atom stereocenters. The van der Waals surface area contributed by atoms with E-state index in [0.29, 0.717) is 0 Å². The van der Waals surface area contributed by atoms with Gasteiger partial charge < -0.3 is 10.2 Å². The van der Waals surface area contributed by atoms with Gasteiger partial charge in [0.2, 0.25) is 21.8 Å². The Labute approximate surface area is 266 Å². The molecule has 4 rings (SSSR count). The molecule has 0 heterocycles. The van der Waals surface area contributed by atoms with E-state index in [1.54, 1.807) is 6.07 Å². The number of rotatable bonds is 11. The molecule has 11 heteroatoms. The van der Waals surface area contributed by atoms with Crippen LogP contribution < -0.4 is 9.62 Å². The van der Waals surface area contributed by atoms with Crippen molar-refractivity contribution in [2.75, 3.05) is 17.1 Å². The predicted octanol–water partition coefficient (Wildman–Crippen LogP) is 6.61. The lowest BCUT2D eigenvalue weighted by molar-refractivity contribution is -0.140. The number of hydrogen-bond acceptors (Lipinski definition) is 4. The molecule has 0 spiro atoms. The maximum Gasteiger partial charge on any atom is 0.244 e. The Balaban J connectivity index is 1.74. The number of benzene rings is 3. The lowest BCUT2D eigenvalue weighted by Crippen LogP contribution is -2.55. The van der Waals surface area contributed by atoms with Crippen LogP contribution in [0.2, 0.25) is 10.0 Å². The molecule has 0 radical (unpaired) electrons.